The summed E-state index contributed by atoms with van der Waals surface area (Å²) >= 11 is 0. The molecule has 5 nitrogen and oxygen atoms in total. The summed E-state index contributed by atoms with van der Waals surface area (Å²) in [7, 11) is 1.64. The highest BCUT2D eigenvalue weighted by atomic mass is 16.5. The second-order valence-corrected chi connectivity index (χ2v) is 6.54. The monoisotopic (exact) mass is 335 g/mol. The number of ether oxygens (including phenoxy) is 1. The topological polar surface area (TPSA) is 58.2 Å². The number of carbonyl (C=O) groups excluding carboxylic acids is 1. The van der Waals surface area contributed by atoms with Gasteiger partial charge in [0.1, 0.15) is 11.4 Å². The molecule has 0 spiro atoms. The lowest BCUT2D eigenvalue weighted by atomic mass is 10.1. The Morgan fingerprint density at radius 1 is 1.32 bits per heavy atom. The number of benzene rings is 1. The quantitative estimate of drug-likeness (QED) is 0.768. The van der Waals surface area contributed by atoms with Crippen molar-refractivity contribution in [2.24, 2.45) is 0 Å². The van der Waals surface area contributed by atoms with E-state index in [1.807, 2.05) is 47.5 Å². The molecular weight excluding hydrogens is 314 g/mol. The maximum Gasteiger partial charge on any atom is 0.271 e. The summed E-state index contributed by atoms with van der Waals surface area (Å²) in [6.07, 6.45) is 5.71. The van der Waals surface area contributed by atoms with Crippen LogP contribution < -0.4 is 4.74 Å². The first-order chi connectivity index (χ1) is 12.2. The molecule has 1 aromatic carbocycles. The van der Waals surface area contributed by atoms with Gasteiger partial charge in [-0.1, -0.05) is 6.07 Å². The molecule has 0 saturated heterocycles. The number of hydrogen-bond acceptors (Lipinski definition) is 3. The Bertz CT molecular complexity index is 900. The summed E-state index contributed by atoms with van der Waals surface area (Å²) in [4.78, 5) is 22.6. The first-order valence-corrected chi connectivity index (χ1v) is 8.56. The number of hydrogen-bond donors (Lipinski definition) is 1. The van der Waals surface area contributed by atoms with E-state index in [0.29, 0.717) is 11.7 Å². The van der Waals surface area contributed by atoms with Crippen LogP contribution >= 0.6 is 0 Å². The summed E-state index contributed by atoms with van der Waals surface area (Å²) in [6, 6.07) is 11.9. The molecular formula is C20H21N3O2. The average molecular weight is 335 g/mol. The van der Waals surface area contributed by atoms with Gasteiger partial charge in [0.15, 0.2) is 0 Å². The summed E-state index contributed by atoms with van der Waals surface area (Å²) in [5.74, 6) is 0.810. The lowest BCUT2D eigenvalue weighted by Gasteiger charge is -2.29. The van der Waals surface area contributed by atoms with E-state index in [-0.39, 0.29) is 11.9 Å². The minimum absolute atomic E-state index is 0.00496. The van der Waals surface area contributed by atoms with E-state index < -0.39 is 0 Å². The van der Waals surface area contributed by atoms with Crippen molar-refractivity contribution < 1.29 is 9.53 Å². The second kappa shape index (κ2) is 6.24. The molecule has 2 aromatic heterocycles. The Morgan fingerprint density at radius 2 is 2.16 bits per heavy atom. The molecule has 1 aliphatic rings. The average Bonchev–Trinajstić information content (AvgIpc) is 3.39. The van der Waals surface area contributed by atoms with Gasteiger partial charge in [-0.15, -0.1) is 0 Å². The SMILES string of the molecule is COc1ccc2cc(C(=O)N(C3CC3)C(C)c3cccnc3)[nH]c2c1. The highest BCUT2D eigenvalue weighted by Gasteiger charge is 2.37. The van der Waals surface area contributed by atoms with Crippen LogP contribution in [-0.4, -0.2) is 33.9 Å². The van der Waals surface area contributed by atoms with Gasteiger partial charge in [-0.2, -0.15) is 0 Å². The number of carbonyl (C=O) groups is 1. The normalized spacial score (nSPS) is 15.1. The maximum absolute atomic E-state index is 13.2. The van der Waals surface area contributed by atoms with Crippen molar-refractivity contribution in [3.63, 3.8) is 0 Å². The molecule has 1 fully saturated rings. The zero-order chi connectivity index (χ0) is 17.4. The highest BCUT2D eigenvalue weighted by molar-refractivity contribution is 5.98. The zero-order valence-corrected chi connectivity index (χ0v) is 14.4. The molecule has 0 radical (unpaired) electrons. The van der Waals surface area contributed by atoms with Crippen molar-refractivity contribution in [1.29, 1.82) is 0 Å². The number of methoxy groups -OCH3 is 1. The Balaban J connectivity index is 1.67. The third-order valence-electron chi connectivity index (χ3n) is 4.82. The standard InChI is InChI=1S/C20H21N3O2/c1-13(15-4-3-9-21-12-15)23(16-6-7-16)20(24)19-10-14-5-8-17(25-2)11-18(14)22-19/h3-5,8-13,16,22H,6-7H2,1-2H3. The van der Waals surface area contributed by atoms with E-state index in [1.54, 1.807) is 13.3 Å². The van der Waals surface area contributed by atoms with Gasteiger partial charge in [0.2, 0.25) is 0 Å². The first-order valence-electron chi connectivity index (χ1n) is 8.56. The Hall–Kier alpha value is -2.82. The van der Waals surface area contributed by atoms with Gasteiger partial charge >= 0.3 is 0 Å². The zero-order valence-electron chi connectivity index (χ0n) is 14.4. The van der Waals surface area contributed by atoms with Crippen LogP contribution in [0.5, 0.6) is 5.75 Å². The third-order valence-corrected chi connectivity index (χ3v) is 4.82. The molecule has 1 atom stereocenters. The van der Waals surface area contributed by atoms with Crippen molar-refractivity contribution in [1.82, 2.24) is 14.9 Å². The molecule has 1 N–H and O–H groups in total. The number of pyridine rings is 1. The van der Waals surface area contributed by atoms with Crippen LogP contribution in [0, 0.1) is 0 Å². The number of H-pyrrole nitrogens is 1. The van der Waals surface area contributed by atoms with Crippen LogP contribution in [0.15, 0.2) is 48.8 Å². The molecule has 2 heterocycles. The lowest BCUT2D eigenvalue weighted by Crippen LogP contribution is -2.35. The van der Waals surface area contributed by atoms with Gasteiger partial charge in [-0.3, -0.25) is 9.78 Å². The van der Waals surface area contributed by atoms with E-state index in [9.17, 15) is 4.79 Å². The van der Waals surface area contributed by atoms with Crippen LogP contribution in [0.2, 0.25) is 0 Å². The van der Waals surface area contributed by atoms with E-state index >= 15 is 0 Å². The lowest BCUT2D eigenvalue weighted by molar-refractivity contribution is 0.0668. The fourth-order valence-electron chi connectivity index (χ4n) is 3.28. The van der Waals surface area contributed by atoms with Crippen molar-refractivity contribution in [3.05, 3.63) is 60.0 Å². The summed E-state index contributed by atoms with van der Waals surface area (Å²) < 4.78 is 5.26. The molecule has 128 valence electrons. The maximum atomic E-state index is 13.2. The molecule has 0 aliphatic heterocycles. The van der Waals surface area contributed by atoms with E-state index in [1.165, 1.54) is 0 Å². The van der Waals surface area contributed by atoms with Gasteiger partial charge in [0.25, 0.3) is 5.91 Å². The van der Waals surface area contributed by atoms with Crippen LogP contribution in [0.25, 0.3) is 10.9 Å². The number of rotatable bonds is 5. The van der Waals surface area contributed by atoms with Crippen LogP contribution in [-0.2, 0) is 0 Å². The van der Waals surface area contributed by atoms with Crippen molar-refractivity contribution >= 4 is 16.8 Å². The van der Waals surface area contributed by atoms with Gasteiger partial charge in [-0.05, 0) is 49.6 Å². The van der Waals surface area contributed by atoms with E-state index in [4.69, 9.17) is 4.74 Å². The number of aromatic amines is 1. The third kappa shape index (κ3) is 2.97. The molecule has 0 bridgehead atoms. The molecule has 1 amide bonds. The predicted molar refractivity (Wildman–Crippen MR) is 96.7 cm³/mol. The van der Waals surface area contributed by atoms with Gasteiger partial charge in [0.05, 0.1) is 13.2 Å². The highest BCUT2D eigenvalue weighted by Crippen LogP contribution is 2.35. The molecule has 4 rings (SSSR count). The van der Waals surface area contributed by atoms with E-state index in [0.717, 1.165) is 35.1 Å². The van der Waals surface area contributed by atoms with Gasteiger partial charge < -0.3 is 14.6 Å². The minimum Gasteiger partial charge on any atom is -0.497 e. The Morgan fingerprint density at radius 3 is 2.84 bits per heavy atom. The largest absolute Gasteiger partial charge is 0.497 e. The smallest absolute Gasteiger partial charge is 0.271 e. The summed E-state index contributed by atoms with van der Waals surface area (Å²) in [5, 5.41) is 1.01. The number of amides is 1. The Kier molecular flexibility index (Phi) is 3.92. The fourth-order valence-corrected chi connectivity index (χ4v) is 3.28. The number of aromatic nitrogens is 2. The van der Waals surface area contributed by atoms with Crippen LogP contribution in [0.3, 0.4) is 0 Å². The Labute approximate surface area is 146 Å². The number of nitrogens with zero attached hydrogens (tertiary/aromatic N) is 2. The van der Waals surface area contributed by atoms with Crippen molar-refractivity contribution in [2.75, 3.05) is 7.11 Å². The minimum atomic E-state index is -0.00496. The van der Waals surface area contributed by atoms with Gasteiger partial charge in [0, 0.05) is 35.4 Å². The molecule has 5 heteroatoms. The molecule has 1 unspecified atom stereocenters. The van der Waals surface area contributed by atoms with Crippen LogP contribution in [0.4, 0.5) is 0 Å². The summed E-state index contributed by atoms with van der Waals surface area (Å²) in [5.41, 5.74) is 2.58. The van der Waals surface area contributed by atoms with E-state index in [2.05, 4.69) is 16.9 Å². The predicted octanol–water partition coefficient (Wildman–Crippen LogP) is 3.94. The second-order valence-electron chi connectivity index (χ2n) is 6.54. The number of nitrogens with one attached hydrogen (secondary N) is 1. The fraction of sp³-hybridized carbons (Fsp3) is 0.300. The van der Waals surface area contributed by atoms with Crippen molar-refractivity contribution in [2.45, 2.75) is 31.8 Å². The van der Waals surface area contributed by atoms with Gasteiger partial charge in [-0.25, -0.2) is 0 Å². The molecule has 1 saturated carbocycles. The molecule has 3 aromatic rings. The van der Waals surface area contributed by atoms with Crippen LogP contribution in [0.1, 0.15) is 41.9 Å². The number of fused-ring (bicyclic) bond motifs is 1. The first kappa shape index (κ1) is 15.7. The summed E-state index contributed by atoms with van der Waals surface area (Å²) in [6.45, 7) is 2.07. The molecule has 25 heavy (non-hydrogen) atoms. The molecule has 1 aliphatic carbocycles. The van der Waals surface area contributed by atoms with Crippen molar-refractivity contribution in [3.8, 4) is 5.75 Å².